The van der Waals surface area contributed by atoms with Crippen molar-refractivity contribution < 1.29 is 9.53 Å². The minimum absolute atomic E-state index is 0.117. The molecule has 0 aliphatic carbocycles. The first-order chi connectivity index (χ1) is 9.61. The van der Waals surface area contributed by atoms with E-state index in [4.69, 9.17) is 16.3 Å². The van der Waals surface area contributed by atoms with Gasteiger partial charge in [-0.05, 0) is 35.4 Å². The molecular formula is C16H14BrClO2. The van der Waals surface area contributed by atoms with Gasteiger partial charge in [0.25, 0.3) is 0 Å². The molecule has 0 N–H and O–H groups in total. The van der Waals surface area contributed by atoms with E-state index < -0.39 is 0 Å². The summed E-state index contributed by atoms with van der Waals surface area (Å²) in [6.45, 7) is 0. The third kappa shape index (κ3) is 3.62. The average Bonchev–Trinajstić information content (AvgIpc) is 2.45. The summed E-state index contributed by atoms with van der Waals surface area (Å²) in [4.78, 5) is 11.4. The average molecular weight is 354 g/mol. The van der Waals surface area contributed by atoms with E-state index in [2.05, 4.69) is 15.9 Å². The third-order valence-corrected chi connectivity index (χ3v) is 3.78. The molecule has 2 nitrogen and oxygen atoms in total. The van der Waals surface area contributed by atoms with Gasteiger partial charge in [-0.15, -0.1) is 0 Å². The molecule has 0 aliphatic heterocycles. The first-order valence-corrected chi connectivity index (χ1v) is 7.35. The lowest BCUT2D eigenvalue weighted by molar-refractivity contribution is -0.111. The molecule has 0 heterocycles. The summed E-state index contributed by atoms with van der Waals surface area (Å²) in [5, 5.41) is -0.360. The Hall–Kier alpha value is -1.32. The van der Waals surface area contributed by atoms with Gasteiger partial charge in [-0.25, -0.2) is 0 Å². The Morgan fingerprint density at radius 1 is 1.25 bits per heavy atom. The van der Waals surface area contributed by atoms with Crippen LogP contribution in [-0.4, -0.2) is 12.4 Å². The van der Waals surface area contributed by atoms with Gasteiger partial charge in [0, 0.05) is 22.4 Å². The van der Waals surface area contributed by atoms with E-state index >= 15 is 0 Å². The summed E-state index contributed by atoms with van der Waals surface area (Å²) in [7, 11) is 1.62. The molecule has 0 spiro atoms. The van der Waals surface area contributed by atoms with Crippen molar-refractivity contribution >= 4 is 32.8 Å². The fourth-order valence-corrected chi connectivity index (χ4v) is 2.76. The van der Waals surface area contributed by atoms with Crippen molar-refractivity contribution in [3.63, 3.8) is 0 Å². The highest BCUT2D eigenvalue weighted by Gasteiger charge is 2.21. The Morgan fingerprint density at radius 2 is 1.95 bits per heavy atom. The minimum Gasteiger partial charge on any atom is -0.496 e. The molecule has 0 radical (unpaired) electrons. The fraction of sp³-hybridized carbons (Fsp3) is 0.188. The number of carbonyl (C=O) groups excluding carboxylic acids is 1. The Labute approximate surface area is 131 Å². The van der Waals surface area contributed by atoms with Gasteiger partial charge in [0.2, 0.25) is 5.24 Å². The fourth-order valence-electron chi connectivity index (χ4n) is 2.23. The summed E-state index contributed by atoms with van der Waals surface area (Å²) in [5.41, 5.74) is 1.99. The largest absolute Gasteiger partial charge is 0.496 e. The van der Waals surface area contributed by atoms with Crippen LogP contribution in [-0.2, 0) is 4.79 Å². The maximum Gasteiger partial charge on any atom is 0.222 e. The maximum absolute atomic E-state index is 11.4. The maximum atomic E-state index is 11.4. The number of methoxy groups -OCH3 is 1. The molecule has 4 heteroatoms. The van der Waals surface area contributed by atoms with Gasteiger partial charge in [0.05, 0.1) is 7.11 Å². The first kappa shape index (κ1) is 15.1. The van der Waals surface area contributed by atoms with Crippen molar-refractivity contribution in [1.82, 2.24) is 0 Å². The number of hydrogen-bond acceptors (Lipinski definition) is 2. The van der Waals surface area contributed by atoms with Gasteiger partial charge in [-0.2, -0.15) is 0 Å². The van der Waals surface area contributed by atoms with Crippen LogP contribution in [0, 0.1) is 0 Å². The molecule has 0 aliphatic rings. The van der Waals surface area contributed by atoms with Gasteiger partial charge in [0.1, 0.15) is 5.75 Å². The molecule has 1 unspecified atom stereocenters. The highest BCUT2D eigenvalue weighted by molar-refractivity contribution is 9.10. The summed E-state index contributed by atoms with van der Waals surface area (Å²) >= 11 is 9.08. The number of halogens is 2. The second kappa shape index (κ2) is 6.91. The van der Waals surface area contributed by atoms with Gasteiger partial charge in [-0.3, -0.25) is 4.79 Å². The Bertz CT molecular complexity index is 599. The molecule has 2 aromatic rings. The Kier molecular flexibility index (Phi) is 5.21. The topological polar surface area (TPSA) is 26.3 Å². The highest BCUT2D eigenvalue weighted by atomic mass is 79.9. The molecule has 1 atom stereocenters. The molecular weight excluding hydrogens is 340 g/mol. The van der Waals surface area contributed by atoms with Crippen LogP contribution in [0.2, 0.25) is 0 Å². The highest BCUT2D eigenvalue weighted by Crippen LogP contribution is 2.36. The lowest BCUT2D eigenvalue weighted by atomic mass is 9.88. The summed E-state index contributed by atoms with van der Waals surface area (Å²) in [6, 6.07) is 15.6. The van der Waals surface area contributed by atoms with E-state index in [-0.39, 0.29) is 17.6 Å². The van der Waals surface area contributed by atoms with E-state index in [0.717, 1.165) is 21.3 Å². The smallest absolute Gasteiger partial charge is 0.222 e. The molecule has 0 saturated heterocycles. The van der Waals surface area contributed by atoms with Crippen LogP contribution in [0.15, 0.2) is 53.0 Å². The summed E-state index contributed by atoms with van der Waals surface area (Å²) in [6.07, 6.45) is 0.235. The molecule has 2 aromatic carbocycles. The lowest BCUT2D eigenvalue weighted by Gasteiger charge is -2.19. The van der Waals surface area contributed by atoms with Crippen molar-refractivity contribution in [1.29, 1.82) is 0 Å². The molecule has 0 aromatic heterocycles. The van der Waals surface area contributed by atoms with E-state index in [9.17, 15) is 4.79 Å². The Balaban J connectivity index is 2.51. The second-order valence-corrected chi connectivity index (χ2v) is 5.75. The quantitative estimate of drug-likeness (QED) is 0.725. The van der Waals surface area contributed by atoms with Crippen LogP contribution < -0.4 is 4.74 Å². The van der Waals surface area contributed by atoms with Gasteiger partial charge >= 0.3 is 0 Å². The zero-order valence-electron chi connectivity index (χ0n) is 11.0. The zero-order valence-corrected chi connectivity index (χ0v) is 13.3. The lowest BCUT2D eigenvalue weighted by Crippen LogP contribution is -2.07. The number of carbonyl (C=O) groups is 1. The van der Waals surface area contributed by atoms with Crippen LogP contribution >= 0.6 is 27.5 Å². The number of benzene rings is 2. The third-order valence-electron chi connectivity index (χ3n) is 3.13. The van der Waals surface area contributed by atoms with Crippen LogP contribution in [0.4, 0.5) is 0 Å². The van der Waals surface area contributed by atoms with Crippen molar-refractivity contribution in [3.8, 4) is 5.75 Å². The molecule has 0 saturated carbocycles. The summed E-state index contributed by atoms with van der Waals surface area (Å²) < 4.78 is 6.35. The predicted octanol–water partition coefficient (Wildman–Crippen LogP) is 4.75. The zero-order chi connectivity index (χ0) is 14.5. The van der Waals surface area contributed by atoms with Gasteiger partial charge < -0.3 is 4.74 Å². The second-order valence-electron chi connectivity index (χ2n) is 4.41. The molecule has 0 bridgehead atoms. The molecule has 104 valence electrons. The standard InChI is InChI=1S/C16H14BrClO2/c1-20-15-8-7-12(17)9-14(15)13(10-16(18)19)11-5-3-2-4-6-11/h2-9,13H,10H2,1H3. The van der Waals surface area contributed by atoms with E-state index in [1.165, 1.54) is 0 Å². The van der Waals surface area contributed by atoms with E-state index in [1.807, 2.05) is 48.5 Å². The molecule has 0 fully saturated rings. The number of ether oxygens (including phenoxy) is 1. The van der Waals surface area contributed by atoms with Crippen molar-refractivity contribution in [2.24, 2.45) is 0 Å². The van der Waals surface area contributed by atoms with Crippen LogP contribution in [0.1, 0.15) is 23.5 Å². The molecule has 2 rings (SSSR count). The van der Waals surface area contributed by atoms with Crippen LogP contribution in [0.25, 0.3) is 0 Å². The number of rotatable bonds is 5. The first-order valence-electron chi connectivity index (χ1n) is 6.18. The normalized spacial score (nSPS) is 11.9. The predicted molar refractivity (Wildman–Crippen MR) is 84.5 cm³/mol. The van der Waals surface area contributed by atoms with Gasteiger partial charge in [-0.1, -0.05) is 46.3 Å². The Morgan fingerprint density at radius 3 is 2.55 bits per heavy atom. The monoisotopic (exact) mass is 352 g/mol. The van der Waals surface area contributed by atoms with Crippen molar-refractivity contribution in [2.45, 2.75) is 12.3 Å². The van der Waals surface area contributed by atoms with Crippen molar-refractivity contribution in [2.75, 3.05) is 7.11 Å². The van der Waals surface area contributed by atoms with Gasteiger partial charge in [0.15, 0.2) is 0 Å². The minimum atomic E-state index is -0.360. The van der Waals surface area contributed by atoms with Crippen LogP contribution in [0.3, 0.4) is 0 Å². The van der Waals surface area contributed by atoms with E-state index in [0.29, 0.717) is 0 Å². The van der Waals surface area contributed by atoms with Crippen molar-refractivity contribution in [3.05, 3.63) is 64.1 Å². The number of hydrogen-bond donors (Lipinski definition) is 0. The summed E-state index contributed by atoms with van der Waals surface area (Å²) in [5.74, 6) is 0.633. The van der Waals surface area contributed by atoms with E-state index in [1.54, 1.807) is 7.11 Å². The van der Waals surface area contributed by atoms with Crippen LogP contribution in [0.5, 0.6) is 5.75 Å². The molecule has 0 amide bonds. The SMILES string of the molecule is COc1ccc(Br)cc1C(CC(=O)Cl)c1ccccc1. The molecule has 20 heavy (non-hydrogen) atoms.